The molecule has 0 saturated heterocycles. The van der Waals surface area contributed by atoms with E-state index in [0.717, 1.165) is 13.0 Å². The standard InChI is InChI=1S/C12H26N2O/c1-7-9(2)8-14(6)11(15)10(13)12(3,4)5/h9-10H,7-8,13H2,1-6H3. The molecule has 0 aliphatic heterocycles. The maximum atomic E-state index is 11.9. The first kappa shape index (κ1) is 14.4. The fourth-order valence-electron chi connectivity index (χ4n) is 1.29. The van der Waals surface area contributed by atoms with Crippen molar-refractivity contribution >= 4 is 5.91 Å². The smallest absolute Gasteiger partial charge is 0.239 e. The first-order valence-corrected chi connectivity index (χ1v) is 5.70. The van der Waals surface area contributed by atoms with Gasteiger partial charge in [0.25, 0.3) is 0 Å². The van der Waals surface area contributed by atoms with Crippen LogP contribution in [0.4, 0.5) is 0 Å². The quantitative estimate of drug-likeness (QED) is 0.776. The van der Waals surface area contributed by atoms with E-state index >= 15 is 0 Å². The molecule has 0 aromatic heterocycles. The molecule has 15 heavy (non-hydrogen) atoms. The maximum Gasteiger partial charge on any atom is 0.239 e. The van der Waals surface area contributed by atoms with E-state index in [9.17, 15) is 4.79 Å². The number of hydrogen-bond donors (Lipinski definition) is 1. The Hall–Kier alpha value is -0.570. The summed E-state index contributed by atoms with van der Waals surface area (Å²) in [4.78, 5) is 13.7. The van der Waals surface area contributed by atoms with Crippen molar-refractivity contribution in [3.63, 3.8) is 0 Å². The lowest BCUT2D eigenvalue weighted by molar-refractivity contribution is -0.134. The number of amides is 1. The minimum Gasteiger partial charge on any atom is -0.344 e. The molecule has 0 spiro atoms. The Morgan fingerprint density at radius 1 is 1.40 bits per heavy atom. The molecule has 0 aromatic carbocycles. The molecule has 2 atom stereocenters. The van der Waals surface area contributed by atoms with Crippen molar-refractivity contribution in [2.24, 2.45) is 17.1 Å². The number of hydrogen-bond acceptors (Lipinski definition) is 2. The molecule has 0 radical (unpaired) electrons. The highest BCUT2D eigenvalue weighted by molar-refractivity contribution is 5.82. The van der Waals surface area contributed by atoms with Crippen LogP contribution in [0.15, 0.2) is 0 Å². The predicted molar refractivity (Wildman–Crippen MR) is 64.5 cm³/mol. The van der Waals surface area contributed by atoms with Crippen molar-refractivity contribution < 1.29 is 4.79 Å². The second kappa shape index (κ2) is 5.50. The van der Waals surface area contributed by atoms with Gasteiger partial charge in [-0.1, -0.05) is 41.0 Å². The molecule has 3 heteroatoms. The molecule has 3 nitrogen and oxygen atoms in total. The fraction of sp³-hybridized carbons (Fsp3) is 0.917. The second-order valence-corrected chi connectivity index (χ2v) is 5.58. The highest BCUT2D eigenvalue weighted by Gasteiger charge is 2.29. The van der Waals surface area contributed by atoms with Crippen LogP contribution in [0.3, 0.4) is 0 Å². The largest absolute Gasteiger partial charge is 0.344 e. The molecular weight excluding hydrogens is 188 g/mol. The Kier molecular flexibility index (Phi) is 5.29. The van der Waals surface area contributed by atoms with Crippen LogP contribution >= 0.6 is 0 Å². The molecule has 90 valence electrons. The monoisotopic (exact) mass is 214 g/mol. The van der Waals surface area contributed by atoms with Crippen LogP contribution in [0.25, 0.3) is 0 Å². The third kappa shape index (κ3) is 4.65. The van der Waals surface area contributed by atoms with Crippen molar-refractivity contribution in [2.75, 3.05) is 13.6 Å². The van der Waals surface area contributed by atoms with Gasteiger partial charge >= 0.3 is 0 Å². The summed E-state index contributed by atoms with van der Waals surface area (Å²) in [6.07, 6.45) is 1.09. The lowest BCUT2D eigenvalue weighted by atomic mass is 9.86. The maximum absolute atomic E-state index is 11.9. The third-order valence-corrected chi connectivity index (χ3v) is 2.86. The van der Waals surface area contributed by atoms with Gasteiger partial charge in [-0.05, 0) is 11.3 Å². The summed E-state index contributed by atoms with van der Waals surface area (Å²) in [5, 5.41) is 0. The summed E-state index contributed by atoms with van der Waals surface area (Å²) < 4.78 is 0. The Morgan fingerprint density at radius 2 is 1.87 bits per heavy atom. The van der Waals surface area contributed by atoms with Crippen molar-refractivity contribution in [3.05, 3.63) is 0 Å². The molecule has 2 unspecified atom stereocenters. The first-order valence-electron chi connectivity index (χ1n) is 5.70. The number of nitrogens with zero attached hydrogens (tertiary/aromatic N) is 1. The average molecular weight is 214 g/mol. The Bertz CT molecular complexity index is 208. The van der Waals surface area contributed by atoms with E-state index in [1.165, 1.54) is 0 Å². The number of nitrogens with two attached hydrogens (primary N) is 1. The SMILES string of the molecule is CCC(C)CN(C)C(=O)C(N)C(C)(C)C. The van der Waals surface area contributed by atoms with Crippen LogP contribution in [-0.2, 0) is 4.79 Å². The molecular formula is C12H26N2O. The summed E-state index contributed by atoms with van der Waals surface area (Å²) in [6, 6.07) is -0.411. The van der Waals surface area contributed by atoms with Gasteiger partial charge in [-0.25, -0.2) is 0 Å². The van der Waals surface area contributed by atoms with Crippen LogP contribution in [0.1, 0.15) is 41.0 Å². The van der Waals surface area contributed by atoms with Gasteiger partial charge in [0, 0.05) is 13.6 Å². The third-order valence-electron chi connectivity index (χ3n) is 2.86. The fourth-order valence-corrected chi connectivity index (χ4v) is 1.29. The molecule has 2 N–H and O–H groups in total. The Balaban J connectivity index is 4.32. The van der Waals surface area contributed by atoms with Gasteiger partial charge in [0.15, 0.2) is 0 Å². The van der Waals surface area contributed by atoms with Crippen LogP contribution in [0.5, 0.6) is 0 Å². The van der Waals surface area contributed by atoms with Crippen molar-refractivity contribution in [3.8, 4) is 0 Å². The molecule has 0 aromatic rings. The van der Waals surface area contributed by atoms with Crippen molar-refractivity contribution in [2.45, 2.75) is 47.1 Å². The zero-order valence-electron chi connectivity index (χ0n) is 11.0. The summed E-state index contributed by atoms with van der Waals surface area (Å²) in [5.74, 6) is 0.578. The van der Waals surface area contributed by atoms with E-state index in [1.807, 2.05) is 27.8 Å². The molecule has 0 saturated carbocycles. The number of likely N-dealkylation sites (N-methyl/N-ethyl adjacent to an activating group) is 1. The number of carbonyl (C=O) groups is 1. The van der Waals surface area contributed by atoms with Crippen LogP contribution in [-0.4, -0.2) is 30.4 Å². The van der Waals surface area contributed by atoms with Crippen molar-refractivity contribution in [1.82, 2.24) is 4.90 Å². The van der Waals surface area contributed by atoms with E-state index in [1.54, 1.807) is 4.90 Å². The predicted octanol–water partition coefficient (Wildman–Crippen LogP) is 1.86. The van der Waals surface area contributed by atoms with E-state index in [0.29, 0.717) is 5.92 Å². The molecule has 0 aliphatic carbocycles. The summed E-state index contributed by atoms with van der Waals surface area (Å²) >= 11 is 0. The highest BCUT2D eigenvalue weighted by Crippen LogP contribution is 2.19. The molecule has 0 fully saturated rings. The van der Waals surface area contributed by atoms with E-state index in [4.69, 9.17) is 5.73 Å². The number of rotatable bonds is 4. The molecule has 0 rings (SSSR count). The highest BCUT2D eigenvalue weighted by atomic mass is 16.2. The van der Waals surface area contributed by atoms with Crippen molar-refractivity contribution in [1.29, 1.82) is 0 Å². The van der Waals surface area contributed by atoms with Gasteiger partial charge in [-0.2, -0.15) is 0 Å². The van der Waals surface area contributed by atoms with Gasteiger partial charge in [0.2, 0.25) is 5.91 Å². The lowest BCUT2D eigenvalue weighted by Crippen LogP contribution is -2.50. The van der Waals surface area contributed by atoms with Gasteiger partial charge in [0.1, 0.15) is 0 Å². The Morgan fingerprint density at radius 3 is 2.20 bits per heavy atom. The van der Waals surface area contributed by atoms with Gasteiger partial charge in [-0.15, -0.1) is 0 Å². The van der Waals surface area contributed by atoms with Crippen LogP contribution in [0.2, 0.25) is 0 Å². The molecule has 0 aliphatic rings. The Labute approximate surface area is 94.0 Å². The summed E-state index contributed by atoms with van der Waals surface area (Å²) in [6.45, 7) is 11.0. The van der Waals surface area contributed by atoms with E-state index in [-0.39, 0.29) is 11.3 Å². The number of carbonyl (C=O) groups excluding carboxylic acids is 1. The summed E-state index contributed by atoms with van der Waals surface area (Å²) in [7, 11) is 1.83. The van der Waals surface area contributed by atoms with Gasteiger partial charge in [0.05, 0.1) is 6.04 Å². The van der Waals surface area contributed by atoms with Gasteiger partial charge in [-0.3, -0.25) is 4.79 Å². The topological polar surface area (TPSA) is 46.3 Å². The minimum atomic E-state index is -0.411. The molecule has 0 heterocycles. The van der Waals surface area contributed by atoms with E-state index in [2.05, 4.69) is 13.8 Å². The van der Waals surface area contributed by atoms with Crippen LogP contribution < -0.4 is 5.73 Å². The zero-order chi connectivity index (χ0) is 12.2. The second-order valence-electron chi connectivity index (χ2n) is 5.58. The molecule has 1 amide bonds. The van der Waals surface area contributed by atoms with E-state index < -0.39 is 6.04 Å². The average Bonchev–Trinajstić information content (AvgIpc) is 2.13. The zero-order valence-corrected chi connectivity index (χ0v) is 11.0. The molecule has 0 bridgehead atoms. The van der Waals surface area contributed by atoms with Crippen LogP contribution in [0, 0.1) is 11.3 Å². The minimum absolute atomic E-state index is 0.0443. The normalized spacial score (nSPS) is 15.9. The first-order chi connectivity index (χ1) is 6.70. The lowest BCUT2D eigenvalue weighted by Gasteiger charge is -2.31. The summed E-state index contributed by atoms with van der Waals surface area (Å²) in [5.41, 5.74) is 5.76. The van der Waals surface area contributed by atoms with Gasteiger partial charge < -0.3 is 10.6 Å².